The number of carbonyl (C=O) groups excluding carboxylic acids is 2. The van der Waals surface area contributed by atoms with E-state index in [4.69, 9.17) is 0 Å². The van der Waals surface area contributed by atoms with E-state index in [1.165, 1.54) is 15.8 Å². The molecule has 0 saturated heterocycles. The molecule has 1 aromatic heterocycles. The maximum absolute atomic E-state index is 12.6. The zero-order valence-corrected chi connectivity index (χ0v) is 16.1. The van der Waals surface area contributed by atoms with E-state index in [0.29, 0.717) is 22.2 Å². The number of hydrogen-bond donors (Lipinski definition) is 1. The Kier molecular flexibility index (Phi) is 5.54. The highest BCUT2D eigenvalue weighted by atomic mass is 16.2. The fourth-order valence-electron chi connectivity index (χ4n) is 2.90. The van der Waals surface area contributed by atoms with Crippen molar-refractivity contribution in [3.63, 3.8) is 0 Å². The predicted molar refractivity (Wildman–Crippen MR) is 108 cm³/mol. The summed E-state index contributed by atoms with van der Waals surface area (Å²) >= 11 is 0. The van der Waals surface area contributed by atoms with Crippen molar-refractivity contribution in [2.45, 2.75) is 19.9 Å². The fourth-order valence-corrected chi connectivity index (χ4v) is 2.90. The SMILES string of the molecule is Cc1cccc2c(=O)n(CCC(=O)Nc3ccc(C(=O)N(C)C)cc3)cnc12. The van der Waals surface area contributed by atoms with Crippen LogP contribution in [0.15, 0.2) is 53.6 Å². The lowest BCUT2D eigenvalue weighted by Crippen LogP contribution is -2.24. The molecule has 0 spiro atoms. The molecule has 0 bridgehead atoms. The van der Waals surface area contributed by atoms with Crippen LogP contribution in [0.5, 0.6) is 0 Å². The van der Waals surface area contributed by atoms with Gasteiger partial charge in [0.1, 0.15) is 0 Å². The number of fused-ring (bicyclic) bond motifs is 1. The summed E-state index contributed by atoms with van der Waals surface area (Å²) in [5, 5.41) is 3.32. The van der Waals surface area contributed by atoms with Crippen molar-refractivity contribution < 1.29 is 9.59 Å². The molecule has 2 aromatic carbocycles. The van der Waals surface area contributed by atoms with Crippen LogP contribution in [0.25, 0.3) is 10.9 Å². The second kappa shape index (κ2) is 8.04. The molecule has 144 valence electrons. The van der Waals surface area contributed by atoms with Gasteiger partial charge in [-0.3, -0.25) is 19.0 Å². The first kappa shape index (κ1) is 19.3. The molecule has 7 nitrogen and oxygen atoms in total. The summed E-state index contributed by atoms with van der Waals surface area (Å²) in [7, 11) is 3.37. The normalized spacial score (nSPS) is 10.7. The zero-order valence-electron chi connectivity index (χ0n) is 16.1. The monoisotopic (exact) mass is 378 g/mol. The minimum atomic E-state index is -0.220. The average Bonchev–Trinajstić information content (AvgIpc) is 2.68. The van der Waals surface area contributed by atoms with Gasteiger partial charge >= 0.3 is 0 Å². The molecule has 7 heteroatoms. The third kappa shape index (κ3) is 4.09. The van der Waals surface area contributed by atoms with E-state index in [1.807, 2.05) is 19.1 Å². The lowest BCUT2D eigenvalue weighted by atomic mass is 10.1. The summed E-state index contributed by atoms with van der Waals surface area (Å²) in [6.07, 6.45) is 1.61. The second-order valence-electron chi connectivity index (χ2n) is 6.79. The molecule has 0 aliphatic carbocycles. The number of nitrogens with zero attached hydrogens (tertiary/aromatic N) is 3. The fraction of sp³-hybridized carbons (Fsp3) is 0.238. The number of hydrogen-bond acceptors (Lipinski definition) is 4. The van der Waals surface area contributed by atoms with Crippen LogP contribution in [0.3, 0.4) is 0 Å². The third-order valence-corrected chi connectivity index (χ3v) is 4.46. The number of anilines is 1. The van der Waals surface area contributed by atoms with E-state index in [1.54, 1.807) is 44.4 Å². The van der Waals surface area contributed by atoms with Gasteiger partial charge in [-0.05, 0) is 42.8 Å². The van der Waals surface area contributed by atoms with Crippen LogP contribution in [-0.4, -0.2) is 40.4 Å². The standard InChI is InChI=1S/C21H22N4O3/c1-14-5-4-6-17-19(14)22-13-25(21(17)28)12-11-18(26)23-16-9-7-15(8-10-16)20(27)24(2)3/h4-10,13H,11-12H2,1-3H3,(H,23,26). The summed E-state index contributed by atoms with van der Waals surface area (Å²) in [5.74, 6) is -0.320. The van der Waals surface area contributed by atoms with E-state index in [2.05, 4.69) is 10.3 Å². The van der Waals surface area contributed by atoms with Crippen molar-refractivity contribution in [3.8, 4) is 0 Å². The number of para-hydroxylation sites is 1. The molecule has 28 heavy (non-hydrogen) atoms. The lowest BCUT2D eigenvalue weighted by Gasteiger charge is -2.11. The Morgan fingerprint density at radius 1 is 1.11 bits per heavy atom. The molecule has 3 rings (SSSR count). The van der Waals surface area contributed by atoms with Gasteiger partial charge in [0, 0.05) is 38.3 Å². The first-order valence-corrected chi connectivity index (χ1v) is 8.93. The highest BCUT2D eigenvalue weighted by molar-refractivity contribution is 5.95. The van der Waals surface area contributed by atoms with Crippen molar-refractivity contribution >= 4 is 28.4 Å². The maximum Gasteiger partial charge on any atom is 0.261 e. The van der Waals surface area contributed by atoms with Crippen LogP contribution in [0.2, 0.25) is 0 Å². The quantitative estimate of drug-likeness (QED) is 0.739. The summed E-state index contributed by atoms with van der Waals surface area (Å²) < 4.78 is 1.44. The number of amides is 2. The number of nitrogens with one attached hydrogen (secondary N) is 1. The first-order chi connectivity index (χ1) is 13.4. The van der Waals surface area contributed by atoms with Crippen LogP contribution in [-0.2, 0) is 11.3 Å². The van der Waals surface area contributed by atoms with E-state index >= 15 is 0 Å². The Morgan fingerprint density at radius 2 is 1.82 bits per heavy atom. The molecule has 3 aromatic rings. The second-order valence-corrected chi connectivity index (χ2v) is 6.79. The topological polar surface area (TPSA) is 84.3 Å². The number of benzene rings is 2. The summed E-state index contributed by atoms with van der Waals surface area (Å²) in [6, 6.07) is 12.2. The van der Waals surface area contributed by atoms with Crippen molar-refractivity contribution in [1.82, 2.24) is 14.5 Å². The van der Waals surface area contributed by atoms with Crippen LogP contribution in [0.4, 0.5) is 5.69 Å². The number of aromatic nitrogens is 2. The van der Waals surface area contributed by atoms with Gasteiger partial charge in [0.25, 0.3) is 11.5 Å². The van der Waals surface area contributed by atoms with E-state index in [0.717, 1.165) is 5.56 Å². The minimum Gasteiger partial charge on any atom is -0.345 e. The van der Waals surface area contributed by atoms with Gasteiger partial charge in [-0.1, -0.05) is 12.1 Å². The molecule has 1 heterocycles. The van der Waals surface area contributed by atoms with Crippen molar-refractivity contribution in [2.75, 3.05) is 19.4 Å². The van der Waals surface area contributed by atoms with Crippen LogP contribution < -0.4 is 10.9 Å². The highest BCUT2D eigenvalue weighted by Gasteiger charge is 2.10. The molecule has 0 radical (unpaired) electrons. The molecular weight excluding hydrogens is 356 g/mol. The number of carbonyl (C=O) groups is 2. The number of aryl methyl sites for hydroxylation is 2. The van der Waals surface area contributed by atoms with Crippen molar-refractivity contribution in [3.05, 3.63) is 70.3 Å². The summed E-state index contributed by atoms with van der Waals surface area (Å²) in [5.41, 5.74) is 2.61. The Balaban J connectivity index is 1.65. The smallest absolute Gasteiger partial charge is 0.261 e. The van der Waals surface area contributed by atoms with Gasteiger partial charge in [-0.15, -0.1) is 0 Å². The van der Waals surface area contributed by atoms with E-state index < -0.39 is 0 Å². The van der Waals surface area contributed by atoms with Gasteiger partial charge in [0.2, 0.25) is 5.91 Å². The van der Waals surface area contributed by atoms with Gasteiger partial charge in [-0.25, -0.2) is 4.98 Å². The highest BCUT2D eigenvalue weighted by Crippen LogP contribution is 2.13. The molecule has 2 amide bonds. The molecule has 0 unspecified atom stereocenters. The average molecular weight is 378 g/mol. The molecular formula is C21H22N4O3. The van der Waals surface area contributed by atoms with Gasteiger partial charge in [0.15, 0.2) is 0 Å². The Morgan fingerprint density at radius 3 is 2.50 bits per heavy atom. The molecule has 0 fully saturated rings. The molecule has 0 atom stereocenters. The van der Waals surface area contributed by atoms with Gasteiger partial charge < -0.3 is 10.2 Å². The molecule has 0 aliphatic rings. The van der Waals surface area contributed by atoms with Crippen molar-refractivity contribution in [1.29, 1.82) is 0 Å². The minimum absolute atomic E-state index is 0.101. The third-order valence-electron chi connectivity index (χ3n) is 4.46. The Labute approximate surface area is 162 Å². The molecule has 1 N–H and O–H groups in total. The van der Waals surface area contributed by atoms with Crippen molar-refractivity contribution in [2.24, 2.45) is 0 Å². The molecule has 0 aliphatic heterocycles. The maximum atomic E-state index is 12.6. The zero-order chi connectivity index (χ0) is 20.3. The molecule has 0 saturated carbocycles. The van der Waals surface area contributed by atoms with Gasteiger partial charge in [0.05, 0.1) is 17.2 Å². The lowest BCUT2D eigenvalue weighted by molar-refractivity contribution is -0.116. The summed E-state index contributed by atoms with van der Waals surface area (Å²) in [4.78, 5) is 42.5. The van der Waals surface area contributed by atoms with Gasteiger partial charge in [-0.2, -0.15) is 0 Å². The van der Waals surface area contributed by atoms with E-state index in [-0.39, 0.29) is 30.3 Å². The van der Waals surface area contributed by atoms with E-state index in [9.17, 15) is 14.4 Å². The summed E-state index contributed by atoms with van der Waals surface area (Å²) in [6.45, 7) is 2.14. The van der Waals surface area contributed by atoms with Crippen LogP contribution in [0, 0.1) is 6.92 Å². The van der Waals surface area contributed by atoms with Crippen LogP contribution in [0.1, 0.15) is 22.3 Å². The van der Waals surface area contributed by atoms with Crippen LogP contribution >= 0.6 is 0 Å². The predicted octanol–water partition coefficient (Wildman–Crippen LogP) is 2.44. The number of rotatable bonds is 5. The Bertz CT molecular complexity index is 1080. The largest absolute Gasteiger partial charge is 0.345 e. The Hall–Kier alpha value is -3.48. The first-order valence-electron chi connectivity index (χ1n) is 8.93.